The van der Waals surface area contributed by atoms with Crippen LogP contribution < -0.4 is 10.2 Å². The Hall–Kier alpha value is -2.90. The van der Waals surface area contributed by atoms with Crippen LogP contribution in [0.5, 0.6) is 0 Å². The van der Waals surface area contributed by atoms with Gasteiger partial charge in [-0.25, -0.2) is 9.50 Å². The fourth-order valence-electron chi connectivity index (χ4n) is 3.18. The number of amides is 1. The molecule has 3 aromatic rings. The maximum atomic E-state index is 12.6. The summed E-state index contributed by atoms with van der Waals surface area (Å²) in [6.07, 6.45) is 10.2. The minimum atomic E-state index is -0.240. The molecule has 1 amide bonds. The highest BCUT2D eigenvalue weighted by Gasteiger charge is 2.24. The van der Waals surface area contributed by atoms with Gasteiger partial charge in [0.15, 0.2) is 11.5 Å². The third-order valence-corrected chi connectivity index (χ3v) is 4.47. The van der Waals surface area contributed by atoms with Crippen molar-refractivity contribution >= 4 is 23.1 Å². The number of anilines is 2. The third-order valence-electron chi connectivity index (χ3n) is 4.47. The minimum Gasteiger partial charge on any atom is -0.351 e. The smallest absolute Gasteiger partial charge is 0.261 e. The van der Waals surface area contributed by atoms with Crippen molar-refractivity contribution < 1.29 is 4.79 Å². The van der Waals surface area contributed by atoms with Gasteiger partial charge >= 0.3 is 0 Å². The van der Waals surface area contributed by atoms with E-state index in [9.17, 15) is 4.79 Å². The highest BCUT2D eigenvalue weighted by molar-refractivity contribution is 6.09. The number of fused-ring (bicyclic) bond motifs is 1. The Morgan fingerprint density at radius 2 is 2.33 bits per heavy atom. The zero-order valence-corrected chi connectivity index (χ0v) is 13.4. The molecule has 1 fully saturated rings. The standard InChI is InChI=1S/C16H19N7O/c1-11-5-2-3-7-22(11)15-13(10-18-21-15)20-16(24)12-9-19-23-8-4-6-17-14(12)23/h4,6,8-11H,2-3,5,7H2,1H3,(H,18,21)(H,20,24). The predicted octanol–water partition coefficient (Wildman–Crippen LogP) is 2.08. The molecule has 2 N–H and O–H groups in total. The van der Waals surface area contributed by atoms with Gasteiger partial charge in [-0.3, -0.25) is 9.89 Å². The fraction of sp³-hybridized carbons (Fsp3) is 0.375. The molecule has 8 heteroatoms. The Morgan fingerprint density at radius 1 is 1.42 bits per heavy atom. The molecule has 1 saturated heterocycles. The quantitative estimate of drug-likeness (QED) is 0.769. The molecular formula is C16H19N7O. The first kappa shape index (κ1) is 14.7. The average Bonchev–Trinajstić information content (AvgIpc) is 3.22. The van der Waals surface area contributed by atoms with Gasteiger partial charge in [-0.05, 0) is 32.3 Å². The SMILES string of the molecule is CC1CCCCN1c1n[nH]cc1NC(=O)c1cnn2cccnc12. The minimum absolute atomic E-state index is 0.240. The number of hydrogen-bond acceptors (Lipinski definition) is 5. The number of nitrogens with one attached hydrogen (secondary N) is 2. The summed E-state index contributed by atoms with van der Waals surface area (Å²) >= 11 is 0. The molecule has 0 bridgehead atoms. The van der Waals surface area contributed by atoms with Gasteiger partial charge in [0.05, 0.1) is 6.20 Å². The summed E-state index contributed by atoms with van der Waals surface area (Å²) in [5.74, 6) is 0.552. The van der Waals surface area contributed by atoms with Crippen LogP contribution in [0.25, 0.3) is 5.65 Å². The van der Waals surface area contributed by atoms with Crippen LogP contribution in [0, 0.1) is 0 Å². The first-order chi connectivity index (χ1) is 11.7. The maximum absolute atomic E-state index is 12.6. The molecule has 1 unspecified atom stereocenters. The van der Waals surface area contributed by atoms with Crippen LogP contribution in [-0.4, -0.2) is 43.3 Å². The number of H-pyrrole nitrogens is 1. The summed E-state index contributed by atoms with van der Waals surface area (Å²) in [6.45, 7) is 3.14. The highest BCUT2D eigenvalue weighted by atomic mass is 16.1. The molecule has 1 aliphatic rings. The number of rotatable bonds is 3. The second-order valence-electron chi connectivity index (χ2n) is 6.06. The molecule has 0 spiro atoms. The molecule has 0 aromatic carbocycles. The average molecular weight is 325 g/mol. The molecule has 0 saturated carbocycles. The van der Waals surface area contributed by atoms with Crippen molar-refractivity contribution in [3.8, 4) is 0 Å². The molecule has 8 nitrogen and oxygen atoms in total. The van der Waals surface area contributed by atoms with Crippen LogP contribution in [0.2, 0.25) is 0 Å². The lowest BCUT2D eigenvalue weighted by Crippen LogP contribution is -2.38. The second kappa shape index (κ2) is 5.95. The van der Waals surface area contributed by atoms with E-state index in [1.54, 1.807) is 29.2 Å². The molecule has 4 heterocycles. The van der Waals surface area contributed by atoms with E-state index >= 15 is 0 Å². The van der Waals surface area contributed by atoms with Gasteiger partial charge in [0.2, 0.25) is 0 Å². The van der Waals surface area contributed by atoms with E-state index in [0.717, 1.165) is 25.2 Å². The lowest BCUT2D eigenvalue weighted by Gasteiger charge is -2.34. The molecular weight excluding hydrogens is 306 g/mol. The van der Waals surface area contributed by atoms with Crippen LogP contribution in [0.3, 0.4) is 0 Å². The van der Waals surface area contributed by atoms with Crippen molar-refractivity contribution in [2.24, 2.45) is 0 Å². The highest BCUT2D eigenvalue weighted by Crippen LogP contribution is 2.29. The molecule has 1 atom stereocenters. The van der Waals surface area contributed by atoms with E-state index in [4.69, 9.17) is 0 Å². The summed E-state index contributed by atoms with van der Waals surface area (Å²) in [4.78, 5) is 19.1. The van der Waals surface area contributed by atoms with Gasteiger partial charge in [-0.15, -0.1) is 0 Å². The number of carbonyl (C=O) groups is 1. The lowest BCUT2D eigenvalue weighted by atomic mass is 10.0. The molecule has 0 radical (unpaired) electrons. The number of aromatic nitrogens is 5. The lowest BCUT2D eigenvalue weighted by molar-refractivity contribution is 0.102. The molecule has 4 rings (SSSR count). The number of aromatic amines is 1. The van der Waals surface area contributed by atoms with Crippen molar-refractivity contribution in [2.75, 3.05) is 16.8 Å². The summed E-state index contributed by atoms with van der Waals surface area (Å²) < 4.78 is 1.58. The molecule has 3 aromatic heterocycles. The fourth-order valence-corrected chi connectivity index (χ4v) is 3.18. The van der Waals surface area contributed by atoms with Gasteiger partial charge in [0.1, 0.15) is 11.3 Å². The Labute approximate surface area is 138 Å². The summed E-state index contributed by atoms with van der Waals surface area (Å²) in [5, 5.41) is 14.3. The molecule has 124 valence electrons. The largest absolute Gasteiger partial charge is 0.351 e. The zero-order chi connectivity index (χ0) is 16.5. The summed E-state index contributed by atoms with van der Waals surface area (Å²) in [6, 6.07) is 2.18. The topological polar surface area (TPSA) is 91.2 Å². The van der Waals surface area contributed by atoms with E-state index < -0.39 is 0 Å². The van der Waals surface area contributed by atoms with Crippen molar-refractivity contribution in [3.05, 3.63) is 36.4 Å². The van der Waals surface area contributed by atoms with Gasteiger partial charge in [0, 0.05) is 31.2 Å². The van der Waals surface area contributed by atoms with Gasteiger partial charge in [0.25, 0.3) is 5.91 Å². The number of piperidine rings is 1. The van der Waals surface area contributed by atoms with Crippen LogP contribution in [-0.2, 0) is 0 Å². The van der Waals surface area contributed by atoms with E-state index in [0.29, 0.717) is 22.9 Å². The Balaban J connectivity index is 1.60. The van der Waals surface area contributed by atoms with Crippen molar-refractivity contribution in [2.45, 2.75) is 32.2 Å². The first-order valence-electron chi connectivity index (χ1n) is 8.14. The normalized spacial score (nSPS) is 18.0. The Bertz CT molecular complexity index is 868. The summed E-state index contributed by atoms with van der Waals surface area (Å²) in [5.41, 5.74) is 1.66. The van der Waals surface area contributed by atoms with Crippen LogP contribution in [0.4, 0.5) is 11.5 Å². The van der Waals surface area contributed by atoms with Crippen LogP contribution in [0.1, 0.15) is 36.5 Å². The van der Waals surface area contributed by atoms with Crippen LogP contribution >= 0.6 is 0 Å². The van der Waals surface area contributed by atoms with E-state index in [-0.39, 0.29) is 5.91 Å². The van der Waals surface area contributed by atoms with Crippen molar-refractivity contribution in [1.82, 2.24) is 24.8 Å². The number of carbonyl (C=O) groups excluding carboxylic acids is 1. The summed E-state index contributed by atoms with van der Waals surface area (Å²) in [7, 11) is 0. The molecule has 0 aliphatic carbocycles. The third kappa shape index (κ3) is 2.49. The Morgan fingerprint density at radius 3 is 3.21 bits per heavy atom. The number of hydrogen-bond donors (Lipinski definition) is 2. The zero-order valence-electron chi connectivity index (χ0n) is 13.4. The number of nitrogens with zero attached hydrogens (tertiary/aromatic N) is 5. The van der Waals surface area contributed by atoms with Gasteiger partial charge in [-0.1, -0.05) is 0 Å². The Kier molecular flexibility index (Phi) is 3.64. The predicted molar refractivity (Wildman–Crippen MR) is 90.2 cm³/mol. The van der Waals surface area contributed by atoms with Crippen molar-refractivity contribution in [3.63, 3.8) is 0 Å². The second-order valence-corrected chi connectivity index (χ2v) is 6.06. The van der Waals surface area contributed by atoms with Gasteiger partial charge in [-0.2, -0.15) is 10.2 Å². The van der Waals surface area contributed by atoms with E-state index in [1.165, 1.54) is 12.6 Å². The van der Waals surface area contributed by atoms with E-state index in [2.05, 4.69) is 37.4 Å². The van der Waals surface area contributed by atoms with Crippen LogP contribution in [0.15, 0.2) is 30.9 Å². The first-order valence-corrected chi connectivity index (χ1v) is 8.14. The molecule has 1 aliphatic heterocycles. The van der Waals surface area contributed by atoms with Gasteiger partial charge < -0.3 is 10.2 Å². The van der Waals surface area contributed by atoms with Crippen molar-refractivity contribution in [1.29, 1.82) is 0 Å². The molecule has 24 heavy (non-hydrogen) atoms. The monoisotopic (exact) mass is 325 g/mol. The maximum Gasteiger partial charge on any atom is 0.261 e. The van der Waals surface area contributed by atoms with E-state index in [1.807, 2.05) is 0 Å².